The van der Waals surface area contributed by atoms with E-state index in [0.29, 0.717) is 0 Å². The third-order valence-corrected chi connectivity index (χ3v) is 3.81. The summed E-state index contributed by atoms with van der Waals surface area (Å²) in [4.78, 5) is 0. The van der Waals surface area contributed by atoms with Gasteiger partial charge in [0.25, 0.3) is 0 Å². The molecule has 1 N–H and O–H groups in total. The molecule has 0 saturated carbocycles. The Morgan fingerprint density at radius 1 is 1.21 bits per heavy atom. The first-order valence-corrected chi connectivity index (χ1v) is 7.84. The van der Waals surface area contributed by atoms with Crippen LogP contribution in [0.2, 0.25) is 0 Å². The maximum absolute atomic E-state index is 4.43. The van der Waals surface area contributed by atoms with Crippen molar-refractivity contribution in [2.24, 2.45) is 0 Å². The van der Waals surface area contributed by atoms with Crippen LogP contribution < -0.4 is 5.32 Å². The first-order chi connectivity index (χ1) is 9.26. The molecule has 0 amide bonds. The standard InChI is InChI=1S/C15H20IN3/c1-3-11-19-14(9-10-18-19)15(17-4-2)12-5-7-13(16)8-6-12/h5-10,15,17H,3-4,11H2,1-2H3. The van der Waals surface area contributed by atoms with Gasteiger partial charge in [0.15, 0.2) is 0 Å². The lowest BCUT2D eigenvalue weighted by Crippen LogP contribution is -2.25. The fraction of sp³-hybridized carbons (Fsp3) is 0.400. The van der Waals surface area contributed by atoms with Crippen molar-refractivity contribution in [2.75, 3.05) is 6.54 Å². The predicted molar refractivity (Wildman–Crippen MR) is 87.2 cm³/mol. The Hall–Kier alpha value is -0.880. The van der Waals surface area contributed by atoms with Crippen LogP contribution in [-0.2, 0) is 6.54 Å². The second-order valence-electron chi connectivity index (χ2n) is 4.52. The lowest BCUT2D eigenvalue weighted by molar-refractivity contribution is 0.520. The quantitative estimate of drug-likeness (QED) is 0.789. The fourth-order valence-electron chi connectivity index (χ4n) is 2.24. The summed E-state index contributed by atoms with van der Waals surface area (Å²) in [6.45, 7) is 6.22. The summed E-state index contributed by atoms with van der Waals surface area (Å²) in [5, 5.41) is 7.98. The molecular weight excluding hydrogens is 349 g/mol. The monoisotopic (exact) mass is 369 g/mol. The Morgan fingerprint density at radius 3 is 2.58 bits per heavy atom. The second kappa shape index (κ2) is 7.05. The molecule has 0 aliphatic heterocycles. The zero-order valence-corrected chi connectivity index (χ0v) is 13.6. The van der Waals surface area contributed by atoms with Crippen molar-refractivity contribution in [1.29, 1.82) is 0 Å². The van der Waals surface area contributed by atoms with E-state index in [1.54, 1.807) is 0 Å². The molecule has 19 heavy (non-hydrogen) atoms. The maximum Gasteiger partial charge on any atom is 0.0748 e. The third-order valence-electron chi connectivity index (χ3n) is 3.09. The van der Waals surface area contributed by atoms with Crippen molar-refractivity contribution in [2.45, 2.75) is 32.9 Å². The Balaban J connectivity index is 2.33. The SMILES string of the molecule is CCCn1nccc1C(NCC)c1ccc(I)cc1. The summed E-state index contributed by atoms with van der Waals surface area (Å²) >= 11 is 2.34. The zero-order chi connectivity index (χ0) is 13.7. The molecule has 0 spiro atoms. The Labute approximate surface area is 128 Å². The summed E-state index contributed by atoms with van der Waals surface area (Å²) in [6.07, 6.45) is 2.99. The van der Waals surface area contributed by atoms with E-state index in [1.165, 1.54) is 14.8 Å². The number of benzene rings is 1. The molecule has 0 saturated heterocycles. The van der Waals surface area contributed by atoms with Crippen LogP contribution in [0.15, 0.2) is 36.5 Å². The topological polar surface area (TPSA) is 29.9 Å². The zero-order valence-electron chi connectivity index (χ0n) is 11.4. The highest BCUT2D eigenvalue weighted by molar-refractivity contribution is 14.1. The summed E-state index contributed by atoms with van der Waals surface area (Å²) in [7, 11) is 0. The number of halogens is 1. The van der Waals surface area contributed by atoms with Gasteiger partial charge in [-0.05, 0) is 59.3 Å². The van der Waals surface area contributed by atoms with E-state index in [1.807, 2.05) is 6.20 Å². The van der Waals surface area contributed by atoms with E-state index in [9.17, 15) is 0 Å². The van der Waals surface area contributed by atoms with Gasteiger partial charge in [-0.3, -0.25) is 4.68 Å². The molecule has 0 radical (unpaired) electrons. The molecule has 2 rings (SSSR count). The van der Waals surface area contributed by atoms with Crippen LogP contribution in [0.5, 0.6) is 0 Å². The molecule has 1 unspecified atom stereocenters. The van der Waals surface area contributed by atoms with Crippen molar-refractivity contribution in [3.63, 3.8) is 0 Å². The lowest BCUT2D eigenvalue weighted by Gasteiger charge is -2.20. The van der Waals surface area contributed by atoms with Crippen LogP contribution in [0.1, 0.15) is 37.6 Å². The van der Waals surface area contributed by atoms with Gasteiger partial charge in [0.2, 0.25) is 0 Å². The number of aryl methyl sites for hydroxylation is 1. The molecule has 4 heteroatoms. The Kier molecular flexibility index (Phi) is 5.39. The number of hydrogen-bond donors (Lipinski definition) is 1. The Bertz CT molecular complexity index is 504. The van der Waals surface area contributed by atoms with Gasteiger partial charge >= 0.3 is 0 Å². The number of aromatic nitrogens is 2. The van der Waals surface area contributed by atoms with Gasteiger partial charge in [0.05, 0.1) is 11.7 Å². The smallest absolute Gasteiger partial charge is 0.0748 e. The van der Waals surface area contributed by atoms with Crippen molar-refractivity contribution in [1.82, 2.24) is 15.1 Å². The van der Waals surface area contributed by atoms with E-state index >= 15 is 0 Å². The highest BCUT2D eigenvalue weighted by Crippen LogP contribution is 2.22. The van der Waals surface area contributed by atoms with Gasteiger partial charge in [-0.25, -0.2) is 0 Å². The van der Waals surface area contributed by atoms with Crippen molar-refractivity contribution < 1.29 is 0 Å². The van der Waals surface area contributed by atoms with Crippen molar-refractivity contribution >= 4 is 22.6 Å². The van der Waals surface area contributed by atoms with Gasteiger partial charge < -0.3 is 5.32 Å². The van der Waals surface area contributed by atoms with Gasteiger partial charge in [-0.1, -0.05) is 26.0 Å². The van der Waals surface area contributed by atoms with Crippen LogP contribution >= 0.6 is 22.6 Å². The normalized spacial score (nSPS) is 12.6. The summed E-state index contributed by atoms with van der Waals surface area (Å²) in [6, 6.07) is 11.0. The Morgan fingerprint density at radius 2 is 1.95 bits per heavy atom. The number of rotatable bonds is 6. The highest BCUT2D eigenvalue weighted by Gasteiger charge is 2.16. The van der Waals surface area contributed by atoms with Gasteiger partial charge in [-0.2, -0.15) is 5.10 Å². The molecule has 3 nitrogen and oxygen atoms in total. The first-order valence-electron chi connectivity index (χ1n) is 6.76. The van der Waals surface area contributed by atoms with Gasteiger partial charge in [-0.15, -0.1) is 0 Å². The lowest BCUT2D eigenvalue weighted by atomic mass is 10.0. The van der Waals surface area contributed by atoms with Crippen LogP contribution in [0.3, 0.4) is 0 Å². The molecule has 0 fully saturated rings. The number of hydrogen-bond acceptors (Lipinski definition) is 2. The van der Waals surface area contributed by atoms with E-state index in [2.05, 4.69) is 81.9 Å². The van der Waals surface area contributed by atoms with E-state index in [4.69, 9.17) is 0 Å². The summed E-state index contributed by atoms with van der Waals surface area (Å²) in [5.74, 6) is 0. The molecule has 1 aromatic carbocycles. The molecule has 2 aromatic rings. The summed E-state index contributed by atoms with van der Waals surface area (Å²) in [5.41, 5.74) is 2.53. The van der Waals surface area contributed by atoms with Crippen LogP contribution in [0, 0.1) is 3.57 Å². The molecule has 1 aromatic heterocycles. The maximum atomic E-state index is 4.43. The molecule has 1 atom stereocenters. The predicted octanol–water partition coefficient (Wildman–Crippen LogP) is 3.60. The van der Waals surface area contributed by atoms with Gasteiger partial charge in [0, 0.05) is 16.3 Å². The van der Waals surface area contributed by atoms with Crippen molar-refractivity contribution in [3.8, 4) is 0 Å². The third kappa shape index (κ3) is 3.57. The van der Waals surface area contributed by atoms with Gasteiger partial charge in [0.1, 0.15) is 0 Å². The largest absolute Gasteiger partial charge is 0.305 e. The molecular formula is C15H20IN3. The average molecular weight is 369 g/mol. The minimum absolute atomic E-state index is 0.219. The average Bonchev–Trinajstić information content (AvgIpc) is 2.86. The second-order valence-corrected chi connectivity index (χ2v) is 5.77. The molecule has 1 heterocycles. The summed E-state index contributed by atoms with van der Waals surface area (Å²) < 4.78 is 3.37. The van der Waals surface area contributed by atoms with E-state index < -0.39 is 0 Å². The molecule has 0 bridgehead atoms. The van der Waals surface area contributed by atoms with Crippen molar-refractivity contribution in [3.05, 3.63) is 51.4 Å². The first kappa shape index (κ1) is 14.5. The molecule has 0 aliphatic carbocycles. The number of nitrogens with one attached hydrogen (secondary N) is 1. The molecule has 0 aliphatic rings. The minimum atomic E-state index is 0.219. The fourth-order valence-corrected chi connectivity index (χ4v) is 2.60. The molecule has 102 valence electrons. The number of nitrogens with zero attached hydrogens (tertiary/aromatic N) is 2. The minimum Gasteiger partial charge on any atom is -0.305 e. The van der Waals surface area contributed by atoms with Crippen LogP contribution in [0.4, 0.5) is 0 Å². The van der Waals surface area contributed by atoms with Crippen LogP contribution in [-0.4, -0.2) is 16.3 Å². The van der Waals surface area contributed by atoms with E-state index in [0.717, 1.165) is 19.5 Å². The highest BCUT2D eigenvalue weighted by atomic mass is 127. The van der Waals surface area contributed by atoms with Crippen LogP contribution in [0.25, 0.3) is 0 Å². The van der Waals surface area contributed by atoms with E-state index in [-0.39, 0.29) is 6.04 Å².